The van der Waals surface area contributed by atoms with Gasteiger partial charge < -0.3 is 10.4 Å². The molecule has 1 unspecified atom stereocenters. The largest absolute Gasteiger partial charge is 0.711 e. The van der Waals surface area contributed by atoms with Gasteiger partial charge in [-0.15, -0.1) is 0 Å². The summed E-state index contributed by atoms with van der Waals surface area (Å²) in [7, 11) is 0. The number of hydrogen-bond acceptors (Lipinski definition) is 3. The quantitative estimate of drug-likeness (QED) is 0.259. The van der Waals surface area contributed by atoms with Crippen LogP contribution in [0.25, 0.3) is 11.3 Å². The molecule has 1 heterocycles. The first-order chi connectivity index (χ1) is 12.1. The van der Waals surface area contributed by atoms with Crippen molar-refractivity contribution in [2.45, 2.75) is 26.8 Å². The first-order valence-corrected chi connectivity index (χ1v) is 8.16. The third-order valence-corrected chi connectivity index (χ3v) is 4.50. The molecule has 2 aromatic carbocycles. The second kappa shape index (κ2) is 6.81. The van der Waals surface area contributed by atoms with Crippen LogP contribution in [0, 0.1) is 19.1 Å². The summed E-state index contributed by atoms with van der Waals surface area (Å²) in [6, 6.07) is 19.2. The van der Waals surface area contributed by atoms with Crippen molar-refractivity contribution >= 4 is 5.71 Å². The molecule has 0 saturated heterocycles. The molecule has 25 heavy (non-hydrogen) atoms. The molecule has 1 aromatic heterocycles. The van der Waals surface area contributed by atoms with Crippen LogP contribution in [0.15, 0.2) is 65.8 Å². The molecule has 0 radical (unpaired) electrons. The van der Waals surface area contributed by atoms with E-state index in [-0.39, 0.29) is 6.04 Å². The SMILES string of the molecule is CC(=NO)C(c1ccccc1)n1c(-c2ccccc2)c(C)[n+]([O-])c1C. The first kappa shape index (κ1) is 16.8. The van der Waals surface area contributed by atoms with Gasteiger partial charge in [-0.25, -0.2) is 9.30 Å². The average Bonchev–Trinajstić information content (AvgIpc) is 2.88. The van der Waals surface area contributed by atoms with E-state index in [9.17, 15) is 10.4 Å². The van der Waals surface area contributed by atoms with Crippen molar-refractivity contribution < 1.29 is 9.94 Å². The minimum absolute atomic E-state index is 0.365. The number of oxime groups is 1. The zero-order valence-electron chi connectivity index (χ0n) is 14.5. The highest BCUT2D eigenvalue weighted by molar-refractivity contribution is 5.89. The van der Waals surface area contributed by atoms with E-state index in [0.29, 0.717) is 17.2 Å². The van der Waals surface area contributed by atoms with Gasteiger partial charge in [0.15, 0.2) is 17.4 Å². The molecule has 0 bridgehead atoms. The summed E-state index contributed by atoms with van der Waals surface area (Å²) in [6.45, 7) is 5.36. The lowest BCUT2D eigenvalue weighted by Gasteiger charge is -2.17. The Morgan fingerprint density at radius 3 is 2.16 bits per heavy atom. The van der Waals surface area contributed by atoms with Gasteiger partial charge in [0, 0.05) is 25.0 Å². The third-order valence-electron chi connectivity index (χ3n) is 4.50. The Balaban J connectivity index is 2.33. The molecule has 1 N–H and O–H groups in total. The zero-order chi connectivity index (χ0) is 18.0. The summed E-state index contributed by atoms with van der Waals surface area (Å²) in [5, 5.41) is 25.5. The fourth-order valence-electron chi connectivity index (χ4n) is 3.30. The predicted molar refractivity (Wildman–Crippen MR) is 97.8 cm³/mol. The molecule has 5 heteroatoms. The van der Waals surface area contributed by atoms with Crippen LogP contribution >= 0.6 is 0 Å². The number of hydrogen-bond donors (Lipinski definition) is 1. The Morgan fingerprint density at radius 2 is 1.60 bits per heavy atom. The lowest BCUT2D eigenvalue weighted by molar-refractivity contribution is -0.618. The van der Waals surface area contributed by atoms with E-state index < -0.39 is 0 Å². The van der Waals surface area contributed by atoms with Gasteiger partial charge in [0.2, 0.25) is 0 Å². The molecule has 0 aliphatic heterocycles. The molecule has 0 fully saturated rings. The van der Waals surface area contributed by atoms with Gasteiger partial charge >= 0.3 is 0 Å². The number of nitrogens with zero attached hydrogens (tertiary/aromatic N) is 3. The Hall–Kier alpha value is -3.08. The standard InChI is InChI=1S/C20H21N3O2/c1-14(21-24)19(17-10-6-4-7-11-17)22-16(3)23(25)15(2)20(22)18-12-8-5-9-13-18/h4-13,19,24H,1-3H3. The lowest BCUT2D eigenvalue weighted by atomic mass is 10.0. The Kier molecular flexibility index (Phi) is 4.57. The lowest BCUT2D eigenvalue weighted by Crippen LogP contribution is -2.32. The molecular weight excluding hydrogens is 314 g/mol. The summed E-state index contributed by atoms with van der Waals surface area (Å²) in [5.74, 6) is 0.549. The average molecular weight is 335 g/mol. The highest BCUT2D eigenvalue weighted by Gasteiger charge is 2.32. The summed E-state index contributed by atoms with van der Waals surface area (Å²) in [6.07, 6.45) is 0. The molecule has 0 spiro atoms. The monoisotopic (exact) mass is 335 g/mol. The Bertz CT molecular complexity index is 900. The molecule has 128 valence electrons. The number of imidazole rings is 1. The van der Waals surface area contributed by atoms with Crippen LogP contribution in [0.2, 0.25) is 0 Å². The van der Waals surface area contributed by atoms with E-state index >= 15 is 0 Å². The van der Waals surface area contributed by atoms with E-state index in [1.165, 1.54) is 0 Å². The van der Waals surface area contributed by atoms with Crippen LogP contribution in [-0.2, 0) is 0 Å². The molecule has 3 aromatic rings. The third kappa shape index (κ3) is 2.89. The normalized spacial score (nSPS) is 13.0. The highest BCUT2D eigenvalue weighted by atomic mass is 16.5. The zero-order valence-corrected chi connectivity index (χ0v) is 14.5. The van der Waals surface area contributed by atoms with Crippen molar-refractivity contribution in [3.05, 3.63) is 83.0 Å². The van der Waals surface area contributed by atoms with Crippen molar-refractivity contribution in [2.24, 2.45) is 5.16 Å². The van der Waals surface area contributed by atoms with Crippen LogP contribution < -0.4 is 4.73 Å². The van der Waals surface area contributed by atoms with Crippen LogP contribution in [-0.4, -0.2) is 15.5 Å². The van der Waals surface area contributed by atoms with Gasteiger partial charge in [0.1, 0.15) is 5.71 Å². The molecular formula is C20H21N3O2. The van der Waals surface area contributed by atoms with Crippen molar-refractivity contribution in [3.8, 4) is 11.3 Å². The van der Waals surface area contributed by atoms with Crippen molar-refractivity contribution in [1.82, 2.24) is 4.57 Å². The maximum atomic E-state index is 12.6. The fraction of sp³-hybridized carbons (Fsp3) is 0.200. The molecule has 0 saturated carbocycles. The molecule has 0 aliphatic carbocycles. The molecule has 3 rings (SSSR count). The highest BCUT2D eigenvalue weighted by Crippen LogP contribution is 2.31. The smallest absolute Gasteiger partial charge is 0.257 e. The van der Waals surface area contributed by atoms with Crippen LogP contribution in [0.3, 0.4) is 0 Å². The molecule has 1 atom stereocenters. The summed E-state index contributed by atoms with van der Waals surface area (Å²) < 4.78 is 2.88. The number of benzene rings is 2. The van der Waals surface area contributed by atoms with E-state index in [0.717, 1.165) is 21.6 Å². The van der Waals surface area contributed by atoms with Gasteiger partial charge in [-0.3, -0.25) is 0 Å². The molecule has 5 nitrogen and oxygen atoms in total. The minimum atomic E-state index is -0.365. The van der Waals surface area contributed by atoms with Gasteiger partial charge in [0.25, 0.3) is 5.82 Å². The first-order valence-electron chi connectivity index (χ1n) is 8.16. The topological polar surface area (TPSA) is 64.5 Å². The fourth-order valence-corrected chi connectivity index (χ4v) is 3.30. The van der Waals surface area contributed by atoms with E-state index in [1.54, 1.807) is 13.8 Å². The van der Waals surface area contributed by atoms with Crippen molar-refractivity contribution in [2.75, 3.05) is 0 Å². The van der Waals surface area contributed by atoms with Crippen LogP contribution in [0.4, 0.5) is 0 Å². The number of rotatable bonds is 4. The second-order valence-corrected chi connectivity index (χ2v) is 6.07. The summed E-state index contributed by atoms with van der Waals surface area (Å²) in [5.41, 5.74) is 3.86. The van der Waals surface area contributed by atoms with E-state index in [1.807, 2.05) is 72.2 Å². The summed E-state index contributed by atoms with van der Waals surface area (Å²) >= 11 is 0. The van der Waals surface area contributed by atoms with E-state index in [4.69, 9.17) is 0 Å². The Morgan fingerprint density at radius 1 is 1.04 bits per heavy atom. The van der Waals surface area contributed by atoms with Gasteiger partial charge in [0.05, 0.1) is 0 Å². The predicted octanol–water partition coefficient (Wildman–Crippen LogP) is 3.84. The number of aromatic nitrogens is 2. The van der Waals surface area contributed by atoms with Crippen molar-refractivity contribution in [1.29, 1.82) is 0 Å². The van der Waals surface area contributed by atoms with Gasteiger partial charge in [-0.2, -0.15) is 0 Å². The van der Waals surface area contributed by atoms with Crippen molar-refractivity contribution in [3.63, 3.8) is 0 Å². The minimum Gasteiger partial charge on any atom is -0.711 e. The van der Waals surface area contributed by atoms with Gasteiger partial charge in [-0.1, -0.05) is 65.8 Å². The molecule has 0 aliphatic rings. The van der Waals surface area contributed by atoms with E-state index in [2.05, 4.69) is 5.16 Å². The van der Waals surface area contributed by atoms with Gasteiger partial charge in [-0.05, 0) is 6.92 Å². The maximum Gasteiger partial charge on any atom is 0.257 e. The maximum absolute atomic E-state index is 12.6. The Labute approximate surface area is 147 Å². The van der Waals surface area contributed by atoms with Crippen LogP contribution in [0.1, 0.15) is 30.0 Å². The van der Waals surface area contributed by atoms with Crippen LogP contribution in [0.5, 0.6) is 0 Å². The second-order valence-electron chi connectivity index (χ2n) is 6.07. The summed E-state index contributed by atoms with van der Waals surface area (Å²) in [4.78, 5) is 0. The molecule has 0 amide bonds.